The summed E-state index contributed by atoms with van der Waals surface area (Å²) in [4.78, 5) is 10.4. The standard InChI is InChI=1S/C8H17NO5S/c1-3-9(7-8(10)11)15(12,13)6-5-14-4-2/h3-7H2,1-2H3,(H,10,11). The lowest BCUT2D eigenvalue weighted by Crippen LogP contribution is -2.38. The molecule has 0 amide bonds. The lowest BCUT2D eigenvalue weighted by molar-refractivity contribution is -0.137. The number of rotatable bonds is 8. The minimum atomic E-state index is -3.51. The van der Waals surface area contributed by atoms with E-state index in [1.54, 1.807) is 13.8 Å². The fraction of sp³-hybridized carbons (Fsp3) is 0.875. The molecule has 0 fully saturated rings. The van der Waals surface area contributed by atoms with Gasteiger partial charge in [-0.1, -0.05) is 6.92 Å². The number of hydrogen-bond donors (Lipinski definition) is 1. The minimum Gasteiger partial charge on any atom is -0.480 e. The van der Waals surface area contributed by atoms with Gasteiger partial charge in [-0.15, -0.1) is 0 Å². The van der Waals surface area contributed by atoms with E-state index < -0.39 is 22.5 Å². The summed E-state index contributed by atoms with van der Waals surface area (Å²) in [6.07, 6.45) is 0. The number of likely N-dealkylation sites (N-methyl/N-ethyl adjacent to an activating group) is 1. The normalized spacial score (nSPS) is 11.9. The lowest BCUT2D eigenvalue weighted by Gasteiger charge is -2.17. The molecule has 15 heavy (non-hydrogen) atoms. The number of nitrogens with zero attached hydrogens (tertiary/aromatic N) is 1. The van der Waals surface area contributed by atoms with Crippen molar-refractivity contribution in [1.29, 1.82) is 0 Å². The molecule has 0 aromatic rings. The molecule has 1 N–H and O–H groups in total. The van der Waals surface area contributed by atoms with Gasteiger partial charge in [0.1, 0.15) is 6.54 Å². The van der Waals surface area contributed by atoms with E-state index in [0.29, 0.717) is 6.61 Å². The smallest absolute Gasteiger partial charge is 0.318 e. The fourth-order valence-electron chi connectivity index (χ4n) is 0.995. The average Bonchev–Trinajstić information content (AvgIpc) is 2.14. The number of ether oxygens (including phenoxy) is 1. The van der Waals surface area contributed by atoms with Crippen LogP contribution < -0.4 is 0 Å². The molecule has 0 aliphatic rings. The van der Waals surface area contributed by atoms with Crippen molar-refractivity contribution in [2.75, 3.05) is 32.1 Å². The first kappa shape index (κ1) is 14.3. The maximum absolute atomic E-state index is 11.6. The molecular weight excluding hydrogens is 222 g/mol. The topological polar surface area (TPSA) is 83.9 Å². The van der Waals surface area contributed by atoms with E-state index >= 15 is 0 Å². The van der Waals surface area contributed by atoms with Crippen molar-refractivity contribution in [3.05, 3.63) is 0 Å². The second-order valence-electron chi connectivity index (χ2n) is 2.83. The van der Waals surface area contributed by atoms with Gasteiger partial charge < -0.3 is 9.84 Å². The van der Waals surface area contributed by atoms with Crippen molar-refractivity contribution >= 4 is 16.0 Å². The van der Waals surface area contributed by atoms with Gasteiger partial charge in [0, 0.05) is 13.2 Å². The van der Waals surface area contributed by atoms with Gasteiger partial charge in [0.25, 0.3) is 0 Å². The molecule has 0 saturated carbocycles. The highest BCUT2D eigenvalue weighted by atomic mass is 32.2. The molecule has 0 saturated heterocycles. The summed E-state index contributed by atoms with van der Waals surface area (Å²) in [5.74, 6) is -1.33. The quantitative estimate of drug-likeness (QED) is 0.591. The zero-order valence-electron chi connectivity index (χ0n) is 8.97. The number of hydrogen-bond acceptors (Lipinski definition) is 4. The third kappa shape index (κ3) is 5.71. The van der Waals surface area contributed by atoms with Crippen molar-refractivity contribution in [3.63, 3.8) is 0 Å². The number of sulfonamides is 1. The zero-order valence-corrected chi connectivity index (χ0v) is 9.79. The Balaban J connectivity index is 4.32. The summed E-state index contributed by atoms with van der Waals surface area (Å²) >= 11 is 0. The first-order chi connectivity index (χ1) is 6.94. The molecular formula is C8H17NO5S. The van der Waals surface area contributed by atoms with Crippen LogP contribution in [0.3, 0.4) is 0 Å². The highest BCUT2D eigenvalue weighted by Crippen LogP contribution is 2.01. The van der Waals surface area contributed by atoms with E-state index in [4.69, 9.17) is 9.84 Å². The summed E-state index contributed by atoms with van der Waals surface area (Å²) in [5, 5.41) is 8.51. The third-order valence-electron chi connectivity index (χ3n) is 1.75. The fourth-order valence-corrected chi connectivity index (χ4v) is 2.28. The molecule has 0 radical (unpaired) electrons. The van der Waals surface area contributed by atoms with Crippen LogP contribution in [0, 0.1) is 0 Å². The van der Waals surface area contributed by atoms with Crippen LogP contribution in [0.5, 0.6) is 0 Å². The SMILES string of the molecule is CCOCCS(=O)(=O)N(CC)CC(=O)O. The Bertz CT molecular complexity index is 287. The second-order valence-corrected chi connectivity index (χ2v) is 4.92. The summed E-state index contributed by atoms with van der Waals surface area (Å²) < 4.78 is 29.0. The van der Waals surface area contributed by atoms with Crippen LogP contribution in [0.15, 0.2) is 0 Å². The first-order valence-electron chi connectivity index (χ1n) is 4.71. The Labute approximate surface area is 89.9 Å². The van der Waals surface area contributed by atoms with Crippen molar-refractivity contribution in [1.82, 2.24) is 4.31 Å². The minimum absolute atomic E-state index is 0.0922. The maximum Gasteiger partial charge on any atom is 0.318 e. The van der Waals surface area contributed by atoms with Gasteiger partial charge in [0.15, 0.2) is 0 Å². The van der Waals surface area contributed by atoms with Crippen LogP contribution in [0.4, 0.5) is 0 Å². The van der Waals surface area contributed by atoms with Gasteiger partial charge in [0.05, 0.1) is 12.4 Å². The Kier molecular flexibility index (Phi) is 6.46. The maximum atomic E-state index is 11.6. The van der Waals surface area contributed by atoms with Crippen LogP contribution in [0.2, 0.25) is 0 Å². The Morgan fingerprint density at radius 3 is 2.40 bits per heavy atom. The van der Waals surface area contributed by atoms with E-state index in [9.17, 15) is 13.2 Å². The van der Waals surface area contributed by atoms with Gasteiger partial charge in [-0.25, -0.2) is 8.42 Å². The van der Waals surface area contributed by atoms with Crippen LogP contribution in [0.25, 0.3) is 0 Å². The van der Waals surface area contributed by atoms with Gasteiger partial charge in [-0.3, -0.25) is 4.79 Å². The van der Waals surface area contributed by atoms with Gasteiger partial charge in [-0.2, -0.15) is 4.31 Å². The summed E-state index contributed by atoms with van der Waals surface area (Å²) in [6, 6.07) is 0. The van der Waals surface area contributed by atoms with Gasteiger partial charge in [0.2, 0.25) is 10.0 Å². The number of carboxylic acids is 1. The molecule has 0 aliphatic carbocycles. The highest BCUT2D eigenvalue weighted by molar-refractivity contribution is 7.89. The van der Waals surface area contributed by atoms with Gasteiger partial charge >= 0.3 is 5.97 Å². The van der Waals surface area contributed by atoms with Crippen molar-refractivity contribution in [2.45, 2.75) is 13.8 Å². The van der Waals surface area contributed by atoms with Crippen molar-refractivity contribution in [3.8, 4) is 0 Å². The molecule has 0 spiro atoms. The van der Waals surface area contributed by atoms with Crippen molar-refractivity contribution < 1.29 is 23.1 Å². The predicted octanol–water partition coefficient (Wildman–Crippen LogP) is -0.241. The molecule has 90 valence electrons. The molecule has 7 heteroatoms. The Hall–Kier alpha value is -0.660. The third-order valence-corrected chi connectivity index (χ3v) is 3.60. The van der Waals surface area contributed by atoms with Crippen LogP contribution in [-0.2, 0) is 19.6 Å². The summed E-state index contributed by atoms with van der Waals surface area (Å²) in [7, 11) is -3.51. The lowest BCUT2D eigenvalue weighted by atomic mass is 10.6. The van der Waals surface area contributed by atoms with Crippen LogP contribution in [0.1, 0.15) is 13.8 Å². The molecule has 0 atom stereocenters. The van der Waals surface area contributed by atoms with Crippen LogP contribution in [-0.4, -0.2) is 55.9 Å². The molecule has 6 nitrogen and oxygen atoms in total. The zero-order chi connectivity index (χ0) is 11.9. The second kappa shape index (κ2) is 6.76. The van der Waals surface area contributed by atoms with Gasteiger partial charge in [-0.05, 0) is 6.92 Å². The molecule has 0 bridgehead atoms. The van der Waals surface area contributed by atoms with E-state index in [1.807, 2.05) is 0 Å². The molecule has 0 unspecified atom stereocenters. The average molecular weight is 239 g/mol. The van der Waals surface area contributed by atoms with E-state index in [-0.39, 0.29) is 18.9 Å². The molecule has 0 aromatic carbocycles. The Morgan fingerprint density at radius 2 is 2.00 bits per heavy atom. The van der Waals surface area contributed by atoms with E-state index in [0.717, 1.165) is 4.31 Å². The van der Waals surface area contributed by atoms with E-state index in [1.165, 1.54) is 0 Å². The van der Waals surface area contributed by atoms with E-state index in [2.05, 4.69) is 0 Å². The number of carboxylic acid groups (broad SMARTS) is 1. The summed E-state index contributed by atoms with van der Waals surface area (Å²) in [6.45, 7) is 3.56. The Morgan fingerprint density at radius 1 is 1.40 bits per heavy atom. The predicted molar refractivity (Wildman–Crippen MR) is 55.2 cm³/mol. The first-order valence-corrected chi connectivity index (χ1v) is 6.32. The van der Waals surface area contributed by atoms with Crippen LogP contribution >= 0.6 is 0 Å². The molecule has 0 aromatic heterocycles. The summed E-state index contributed by atoms with van der Waals surface area (Å²) in [5.41, 5.74) is 0. The molecule has 0 aliphatic heterocycles. The monoisotopic (exact) mass is 239 g/mol. The number of carbonyl (C=O) groups is 1. The highest BCUT2D eigenvalue weighted by Gasteiger charge is 2.22. The molecule has 0 heterocycles. The number of aliphatic carboxylic acids is 1. The molecule has 0 rings (SSSR count). The van der Waals surface area contributed by atoms with Crippen molar-refractivity contribution in [2.24, 2.45) is 0 Å². The largest absolute Gasteiger partial charge is 0.480 e.